The normalized spacial score (nSPS) is 20.7. The minimum absolute atomic E-state index is 0.153. The van der Waals surface area contributed by atoms with Crippen LogP contribution in [0.5, 0.6) is 0 Å². The van der Waals surface area contributed by atoms with Gasteiger partial charge in [0, 0.05) is 12.3 Å². The average molecular weight is 229 g/mol. The molecule has 6 heteroatoms. The minimum Gasteiger partial charge on any atom is -0.353 e. The van der Waals surface area contributed by atoms with Gasteiger partial charge in [-0.2, -0.15) is 0 Å². The van der Waals surface area contributed by atoms with Gasteiger partial charge in [0.15, 0.2) is 6.29 Å². The average Bonchev–Trinajstić information content (AvgIpc) is 2.18. The van der Waals surface area contributed by atoms with Gasteiger partial charge in [0.05, 0.1) is 0 Å². The summed E-state index contributed by atoms with van der Waals surface area (Å²) in [7, 11) is 0. The monoisotopic (exact) mass is 229 g/mol. The zero-order valence-corrected chi connectivity index (χ0v) is 10.5. The van der Waals surface area contributed by atoms with Crippen LogP contribution < -0.4 is 10.6 Å². The molecule has 0 aliphatic carbocycles. The summed E-state index contributed by atoms with van der Waals surface area (Å²) in [5.74, 6) is 0.860. The van der Waals surface area contributed by atoms with E-state index >= 15 is 0 Å². The molecular formula is C9H19N5S. The topological polar surface area (TPSA) is 52.0 Å². The van der Waals surface area contributed by atoms with Crippen LogP contribution in [0.2, 0.25) is 0 Å². The zero-order chi connectivity index (χ0) is 11.3. The van der Waals surface area contributed by atoms with Crippen LogP contribution >= 0.6 is 11.9 Å². The number of aliphatic imine (C=N–C) groups is 2. The van der Waals surface area contributed by atoms with Crippen molar-refractivity contribution in [3.8, 4) is 0 Å². The maximum absolute atomic E-state index is 4.47. The predicted molar refractivity (Wildman–Crippen MR) is 67.0 cm³/mol. The van der Waals surface area contributed by atoms with Crippen LogP contribution in [-0.2, 0) is 0 Å². The molecule has 2 N–H and O–H groups in total. The van der Waals surface area contributed by atoms with Gasteiger partial charge < -0.3 is 5.32 Å². The van der Waals surface area contributed by atoms with Crippen LogP contribution in [0.25, 0.3) is 0 Å². The molecule has 1 unspecified atom stereocenters. The summed E-state index contributed by atoms with van der Waals surface area (Å²) >= 11 is 1.58. The second-order valence-electron chi connectivity index (χ2n) is 3.46. The molecule has 1 atom stereocenters. The van der Waals surface area contributed by atoms with Crippen molar-refractivity contribution >= 4 is 24.2 Å². The molecule has 0 amide bonds. The second-order valence-corrected chi connectivity index (χ2v) is 4.21. The lowest BCUT2D eigenvalue weighted by atomic mass is 10.4. The number of guanidine groups is 1. The van der Waals surface area contributed by atoms with E-state index in [0.717, 1.165) is 12.5 Å². The highest BCUT2D eigenvalue weighted by Gasteiger charge is 2.16. The van der Waals surface area contributed by atoms with Gasteiger partial charge in [0.1, 0.15) is 6.34 Å². The van der Waals surface area contributed by atoms with Gasteiger partial charge in [-0.05, 0) is 32.3 Å². The van der Waals surface area contributed by atoms with E-state index in [1.165, 1.54) is 0 Å². The van der Waals surface area contributed by atoms with E-state index in [4.69, 9.17) is 0 Å². The van der Waals surface area contributed by atoms with E-state index in [0.29, 0.717) is 6.04 Å². The SMILES string of the molecule is CCNC1N=CN(SC)C(NC(C)C)=N1. The first-order valence-corrected chi connectivity index (χ1v) is 6.30. The first-order chi connectivity index (χ1) is 7.17. The fourth-order valence-electron chi connectivity index (χ4n) is 1.16. The molecular weight excluding hydrogens is 210 g/mol. The molecule has 0 aromatic carbocycles. The highest BCUT2D eigenvalue weighted by molar-refractivity contribution is 7.97. The molecule has 0 fully saturated rings. The Morgan fingerprint density at radius 2 is 2.33 bits per heavy atom. The smallest absolute Gasteiger partial charge is 0.213 e. The second kappa shape index (κ2) is 5.97. The Kier molecular flexibility index (Phi) is 4.90. The van der Waals surface area contributed by atoms with Gasteiger partial charge >= 0.3 is 0 Å². The lowest BCUT2D eigenvalue weighted by molar-refractivity contribution is 0.544. The van der Waals surface area contributed by atoms with E-state index in [-0.39, 0.29) is 6.29 Å². The standard InChI is InChI=1S/C9H19N5S/c1-5-10-8-11-6-14(15-4)9(13-8)12-7(2)3/h6-8,10H,5H2,1-4H3,(H,12,13). The van der Waals surface area contributed by atoms with Crippen molar-refractivity contribution in [3.05, 3.63) is 0 Å². The van der Waals surface area contributed by atoms with Gasteiger partial charge in [-0.3, -0.25) is 5.32 Å². The molecule has 0 aromatic rings. The Morgan fingerprint density at radius 1 is 1.60 bits per heavy atom. The number of nitrogens with zero attached hydrogens (tertiary/aromatic N) is 3. The lowest BCUT2D eigenvalue weighted by Crippen LogP contribution is -2.45. The van der Waals surface area contributed by atoms with Crippen LogP contribution in [0.1, 0.15) is 20.8 Å². The van der Waals surface area contributed by atoms with E-state index < -0.39 is 0 Å². The van der Waals surface area contributed by atoms with Gasteiger partial charge in [0.25, 0.3) is 0 Å². The highest BCUT2D eigenvalue weighted by atomic mass is 32.2. The third-order valence-electron chi connectivity index (χ3n) is 1.77. The molecule has 86 valence electrons. The summed E-state index contributed by atoms with van der Waals surface area (Å²) in [5.41, 5.74) is 0. The molecule has 5 nitrogen and oxygen atoms in total. The summed E-state index contributed by atoms with van der Waals surface area (Å²) in [6.07, 6.45) is 3.65. The van der Waals surface area contributed by atoms with Gasteiger partial charge in [0.2, 0.25) is 5.96 Å². The summed E-state index contributed by atoms with van der Waals surface area (Å²) in [6, 6.07) is 0.368. The molecule has 1 heterocycles. The highest BCUT2D eigenvalue weighted by Crippen LogP contribution is 2.08. The Bertz CT molecular complexity index is 251. The molecule has 0 saturated carbocycles. The van der Waals surface area contributed by atoms with Gasteiger partial charge in [-0.1, -0.05) is 6.92 Å². The van der Waals surface area contributed by atoms with E-state index in [1.54, 1.807) is 18.3 Å². The van der Waals surface area contributed by atoms with Crippen molar-refractivity contribution in [3.63, 3.8) is 0 Å². The van der Waals surface area contributed by atoms with Crippen LogP contribution in [0.3, 0.4) is 0 Å². The van der Waals surface area contributed by atoms with E-state index in [1.807, 2.05) is 17.5 Å². The van der Waals surface area contributed by atoms with Crippen molar-refractivity contribution in [2.24, 2.45) is 9.98 Å². The van der Waals surface area contributed by atoms with Crippen molar-refractivity contribution in [2.75, 3.05) is 12.8 Å². The van der Waals surface area contributed by atoms with Gasteiger partial charge in [-0.15, -0.1) is 0 Å². The summed E-state index contributed by atoms with van der Waals surface area (Å²) in [6.45, 7) is 7.09. The van der Waals surface area contributed by atoms with Crippen LogP contribution in [0.15, 0.2) is 9.98 Å². The molecule has 1 rings (SSSR count). The van der Waals surface area contributed by atoms with Crippen LogP contribution in [0, 0.1) is 0 Å². The van der Waals surface area contributed by atoms with E-state index in [2.05, 4.69) is 34.5 Å². The largest absolute Gasteiger partial charge is 0.353 e. The first kappa shape index (κ1) is 12.3. The quantitative estimate of drug-likeness (QED) is 0.702. The summed E-state index contributed by atoms with van der Waals surface area (Å²) < 4.78 is 1.92. The van der Waals surface area contributed by atoms with Crippen molar-refractivity contribution in [1.29, 1.82) is 0 Å². The molecule has 0 radical (unpaired) electrons. The first-order valence-electron chi connectivity index (χ1n) is 5.11. The fraction of sp³-hybridized carbons (Fsp3) is 0.778. The summed E-state index contributed by atoms with van der Waals surface area (Å²) in [5, 5.41) is 6.47. The maximum atomic E-state index is 4.47. The number of rotatable bonds is 4. The molecule has 1 aliphatic rings. The Labute approximate surface area is 95.6 Å². The number of hydrogen-bond acceptors (Lipinski definition) is 6. The summed E-state index contributed by atoms with van der Waals surface area (Å²) in [4.78, 5) is 8.74. The number of nitrogens with one attached hydrogen (secondary N) is 2. The Balaban J connectivity index is 2.66. The van der Waals surface area contributed by atoms with Crippen molar-refractivity contribution in [2.45, 2.75) is 33.1 Å². The molecule has 0 aromatic heterocycles. The maximum Gasteiger partial charge on any atom is 0.213 e. The Hall–Kier alpha value is -0.750. The molecule has 0 saturated heterocycles. The lowest BCUT2D eigenvalue weighted by Gasteiger charge is -2.26. The predicted octanol–water partition coefficient (Wildman–Crippen LogP) is 0.855. The Morgan fingerprint density at radius 3 is 2.87 bits per heavy atom. The molecule has 15 heavy (non-hydrogen) atoms. The zero-order valence-electron chi connectivity index (χ0n) is 9.69. The van der Waals surface area contributed by atoms with Crippen molar-refractivity contribution in [1.82, 2.24) is 14.9 Å². The molecule has 1 aliphatic heterocycles. The van der Waals surface area contributed by atoms with Crippen LogP contribution in [0.4, 0.5) is 0 Å². The van der Waals surface area contributed by atoms with E-state index in [9.17, 15) is 0 Å². The van der Waals surface area contributed by atoms with Crippen LogP contribution in [-0.4, -0.2) is 41.7 Å². The third kappa shape index (κ3) is 3.71. The fourth-order valence-corrected chi connectivity index (χ4v) is 1.58. The molecule has 0 bridgehead atoms. The third-order valence-corrected chi connectivity index (χ3v) is 2.43. The van der Waals surface area contributed by atoms with Gasteiger partial charge in [-0.25, -0.2) is 14.3 Å². The number of hydrogen-bond donors (Lipinski definition) is 2. The minimum atomic E-state index is -0.153. The van der Waals surface area contributed by atoms with Crippen molar-refractivity contribution < 1.29 is 0 Å². The molecule has 0 spiro atoms.